The van der Waals surface area contributed by atoms with E-state index in [0.717, 1.165) is 128 Å². The number of carbonyl (C=O) groups is 5. The van der Waals surface area contributed by atoms with Crippen molar-refractivity contribution >= 4 is 57.8 Å². The van der Waals surface area contributed by atoms with Crippen LogP contribution in [-0.2, 0) is 29.4 Å². The van der Waals surface area contributed by atoms with Crippen LogP contribution in [0, 0.1) is 11.8 Å². The van der Waals surface area contributed by atoms with Gasteiger partial charge in [0.15, 0.2) is 5.82 Å². The quantitative estimate of drug-likeness (QED) is 0.142. The van der Waals surface area contributed by atoms with Crippen LogP contribution in [0.4, 0.5) is 17.2 Å². The average Bonchev–Trinajstić information content (AvgIpc) is 4.07. The molecule has 5 amide bonds. The number of pyridine rings is 1. The fraction of sp³-hybridized carbons (Fsp3) is 0.603. The molecule has 15 heteroatoms. The molecule has 4 aromatic rings. The molecule has 1 spiro atoms. The van der Waals surface area contributed by atoms with Crippen molar-refractivity contribution in [3.05, 3.63) is 66.0 Å². The first-order valence-corrected chi connectivity index (χ1v) is 28.0. The van der Waals surface area contributed by atoms with Crippen molar-refractivity contribution < 1.29 is 24.0 Å². The van der Waals surface area contributed by atoms with Crippen molar-refractivity contribution in [3.63, 3.8) is 0 Å². The highest BCUT2D eigenvalue weighted by molar-refractivity contribution is 6.09. The molecule has 73 heavy (non-hydrogen) atoms. The molecule has 4 saturated heterocycles. The smallest absolute Gasteiger partial charge is 0.238 e. The Morgan fingerprint density at radius 3 is 2.08 bits per heavy atom. The number of likely N-dealkylation sites (tertiary alicyclic amines) is 3. The highest BCUT2D eigenvalue weighted by Gasteiger charge is 2.56. The molecule has 3 aliphatic carbocycles. The molecular weight excluding hydrogens is 917 g/mol. The summed E-state index contributed by atoms with van der Waals surface area (Å²) in [6.07, 6.45) is 16.8. The summed E-state index contributed by atoms with van der Waals surface area (Å²) in [5, 5.41) is 6.17. The third-order valence-corrected chi connectivity index (χ3v) is 18.7. The number of piperidine rings is 4. The van der Waals surface area contributed by atoms with Gasteiger partial charge >= 0.3 is 0 Å². The minimum Gasteiger partial charge on any atom is -0.371 e. The summed E-state index contributed by atoms with van der Waals surface area (Å²) in [4.78, 5) is 88.9. The Morgan fingerprint density at radius 2 is 1.44 bits per heavy atom. The summed E-state index contributed by atoms with van der Waals surface area (Å²) in [6.45, 7) is 9.20. The molecule has 1 atom stereocenters. The second kappa shape index (κ2) is 19.5. The van der Waals surface area contributed by atoms with Crippen LogP contribution in [0.3, 0.4) is 0 Å². The molecule has 3 saturated carbocycles. The van der Waals surface area contributed by atoms with E-state index in [2.05, 4.69) is 87.2 Å². The third-order valence-electron chi connectivity index (χ3n) is 18.7. The lowest BCUT2D eigenvalue weighted by molar-refractivity contribution is -0.143. The first-order chi connectivity index (χ1) is 35.4. The number of aromatic nitrogens is 3. The van der Waals surface area contributed by atoms with Crippen molar-refractivity contribution in [2.45, 2.75) is 165 Å². The molecule has 2 aromatic heterocycles. The largest absolute Gasteiger partial charge is 0.371 e. The Labute approximate surface area is 429 Å². The lowest BCUT2D eigenvalue weighted by Gasteiger charge is -2.48. The number of nitrogens with one attached hydrogen (secondary N) is 2. The number of nitrogens with zero attached hydrogens (tertiary/aromatic N) is 8. The molecule has 15 nitrogen and oxygen atoms in total. The maximum atomic E-state index is 15.2. The van der Waals surface area contributed by atoms with E-state index in [9.17, 15) is 19.2 Å². The average molecular weight is 991 g/mol. The summed E-state index contributed by atoms with van der Waals surface area (Å²) >= 11 is 0. The summed E-state index contributed by atoms with van der Waals surface area (Å²) < 4.78 is 2.20. The predicted molar refractivity (Wildman–Crippen MR) is 282 cm³/mol. The van der Waals surface area contributed by atoms with E-state index in [4.69, 9.17) is 9.97 Å². The molecular formula is C58H74N10O5. The highest BCUT2D eigenvalue weighted by Crippen LogP contribution is 2.52. The van der Waals surface area contributed by atoms with Gasteiger partial charge in [0.2, 0.25) is 29.5 Å². The molecule has 0 bridgehead atoms. The predicted octanol–water partition coefficient (Wildman–Crippen LogP) is 7.93. The lowest BCUT2D eigenvalue weighted by Crippen LogP contribution is -2.58. The Bertz CT molecular complexity index is 2770. The number of imidazole rings is 1. The lowest BCUT2D eigenvalue weighted by atomic mass is 9.72. The number of imide groups is 1. The van der Waals surface area contributed by atoms with E-state index in [-0.39, 0.29) is 59.4 Å². The van der Waals surface area contributed by atoms with E-state index in [1.807, 2.05) is 28.3 Å². The van der Waals surface area contributed by atoms with Gasteiger partial charge in [0, 0.05) is 98.6 Å². The maximum absolute atomic E-state index is 15.2. The van der Waals surface area contributed by atoms with Crippen molar-refractivity contribution in [2.75, 3.05) is 61.4 Å². The minimum atomic E-state index is -0.665. The molecule has 1 unspecified atom stereocenters. The topological polar surface area (TPSA) is 156 Å². The van der Waals surface area contributed by atoms with Crippen molar-refractivity contribution in [1.82, 2.24) is 34.6 Å². The second-order valence-electron chi connectivity index (χ2n) is 23.4. The molecule has 2 aromatic carbocycles. The Balaban J connectivity index is 0.684. The van der Waals surface area contributed by atoms with Crippen LogP contribution in [0.2, 0.25) is 0 Å². The van der Waals surface area contributed by atoms with Crippen LogP contribution in [0.5, 0.6) is 0 Å². The zero-order valence-corrected chi connectivity index (χ0v) is 43.2. The normalized spacial score (nSPS) is 26.8. The Morgan fingerprint density at radius 1 is 0.767 bits per heavy atom. The van der Waals surface area contributed by atoms with E-state index in [1.165, 1.54) is 19.3 Å². The van der Waals surface area contributed by atoms with Crippen molar-refractivity contribution in [2.24, 2.45) is 11.8 Å². The van der Waals surface area contributed by atoms with Gasteiger partial charge in [-0.2, -0.15) is 0 Å². The number of hydrogen-bond donors (Lipinski definition) is 2. The van der Waals surface area contributed by atoms with Crippen molar-refractivity contribution in [3.8, 4) is 11.3 Å². The molecule has 5 aliphatic heterocycles. The molecule has 7 fully saturated rings. The molecule has 0 radical (unpaired) electrons. The van der Waals surface area contributed by atoms with Gasteiger partial charge in [0.25, 0.3) is 0 Å². The third kappa shape index (κ3) is 8.98. The number of anilines is 3. The van der Waals surface area contributed by atoms with E-state index in [0.29, 0.717) is 70.0 Å². The highest BCUT2D eigenvalue weighted by atomic mass is 16.2. The zero-order chi connectivity index (χ0) is 50.1. The van der Waals surface area contributed by atoms with Gasteiger partial charge in [-0.15, -0.1) is 0 Å². The van der Waals surface area contributed by atoms with Gasteiger partial charge in [0.1, 0.15) is 5.52 Å². The van der Waals surface area contributed by atoms with E-state index in [1.54, 1.807) is 0 Å². The van der Waals surface area contributed by atoms with Gasteiger partial charge in [-0.1, -0.05) is 30.7 Å². The maximum Gasteiger partial charge on any atom is 0.238 e. The summed E-state index contributed by atoms with van der Waals surface area (Å²) in [6, 6.07) is 18.5. The number of amides is 5. The summed E-state index contributed by atoms with van der Waals surface area (Å²) in [5.74, 6) is 0.630. The van der Waals surface area contributed by atoms with Crippen LogP contribution in [0.15, 0.2) is 54.9 Å². The fourth-order valence-corrected chi connectivity index (χ4v) is 13.9. The Kier molecular flexibility index (Phi) is 12.8. The summed E-state index contributed by atoms with van der Waals surface area (Å²) in [5.41, 5.74) is 7.27. The van der Waals surface area contributed by atoms with Crippen LogP contribution in [-0.4, -0.2) is 129 Å². The molecule has 7 heterocycles. The van der Waals surface area contributed by atoms with Crippen LogP contribution in [0.1, 0.15) is 146 Å². The van der Waals surface area contributed by atoms with Crippen LogP contribution >= 0.6 is 0 Å². The molecule has 2 N–H and O–H groups in total. The first-order valence-electron chi connectivity index (χ1n) is 28.0. The van der Waals surface area contributed by atoms with Crippen LogP contribution in [0.25, 0.3) is 22.3 Å². The minimum absolute atomic E-state index is 0.0530. The Hall–Kier alpha value is -5.83. The summed E-state index contributed by atoms with van der Waals surface area (Å²) in [7, 11) is 2.10. The molecule has 12 rings (SSSR count). The standard InChI is InChI=1S/C58H74N10O5/c1-36(2)67-35-59-49-34-48(61-53(52(49)67)60-41-14-15-41)40-13-19-47-50(31-40)68(45-32-44(33-45)64-25-5-4-6-26-64)57(73)58(47)23-29-66(30-24-58)56(72)39-9-7-38(8-10-39)55(71)65-27-21-43(22-28-65)63(3)42-16-11-37(12-17-42)46-18-20-51(69)62-54(46)70/h11-13,16-17,19,31,34-36,38-39,41,43-46H,4-10,14-15,18,20-30,32-33H2,1-3H3,(H,60,61)(H,62,69,70)/t38-,39+,44-,45+,46?. The number of rotatable bonds is 11. The van der Waals surface area contributed by atoms with Gasteiger partial charge in [-0.05, 0) is 159 Å². The van der Waals surface area contributed by atoms with E-state index >= 15 is 4.79 Å². The van der Waals surface area contributed by atoms with Gasteiger partial charge in [-0.25, -0.2) is 9.97 Å². The van der Waals surface area contributed by atoms with E-state index < -0.39 is 5.41 Å². The number of benzene rings is 2. The monoisotopic (exact) mass is 991 g/mol. The second-order valence-corrected chi connectivity index (χ2v) is 23.4. The zero-order valence-electron chi connectivity index (χ0n) is 43.2. The van der Waals surface area contributed by atoms with Gasteiger partial charge in [-0.3, -0.25) is 29.3 Å². The SMILES string of the molecule is CC(C)n1cnc2cc(-c3ccc4c(c3)N([C@H]3C[C@@H](N5CCCCC5)C3)C(=O)C43CCN(C(=O)[C@H]4CC[C@@H](C(=O)N5CCC(N(C)c6ccc(C7CCC(=O)NC7=O)cc6)CC5)CC4)CC3)nc(NC3CC3)c21. The molecule has 8 aliphatic rings. The first kappa shape index (κ1) is 48.1. The number of carbonyl (C=O) groups excluding carboxylic acids is 5. The number of hydrogen-bond acceptors (Lipinski definition) is 10. The van der Waals surface area contributed by atoms with Gasteiger partial charge in [0.05, 0.1) is 28.9 Å². The molecule has 386 valence electrons. The van der Waals surface area contributed by atoms with Gasteiger partial charge < -0.3 is 34.4 Å². The van der Waals surface area contributed by atoms with Crippen LogP contribution < -0.4 is 20.4 Å². The van der Waals surface area contributed by atoms with Crippen molar-refractivity contribution in [1.29, 1.82) is 0 Å². The fourth-order valence-electron chi connectivity index (χ4n) is 13.9. The number of fused-ring (bicyclic) bond motifs is 3.